The molecule has 2 aromatic carbocycles. The predicted octanol–water partition coefficient (Wildman–Crippen LogP) is 5.78. The Morgan fingerprint density at radius 1 is 1.16 bits per heavy atom. The molecule has 0 bridgehead atoms. The molecule has 0 saturated heterocycles. The summed E-state index contributed by atoms with van der Waals surface area (Å²) in [5, 5.41) is 13.8. The first-order valence-electron chi connectivity index (χ1n) is 12.4. The van der Waals surface area contributed by atoms with E-state index in [1.54, 1.807) is 33.1 Å². The zero-order valence-electron chi connectivity index (χ0n) is 22.1. The molecule has 11 heteroatoms. The van der Waals surface area contributed by atoms with Gasteiger partial charge in [0.15, 0.2) is 11.5 Å². The second-order valence-electron chi connectivity index (χ2n) is 10.0. The standard InChI is InChI=1S/C27H33ClF2N4O4/c1-14(18-10-16(31)11-20(24(18)28)27(29,30)26(3,4)35)32-25-19-12-23(38-9-8-37-17-6-7-17)22(36-5)13-21(19)33-15(2)34-25/h10-14,17,35H,6-9,31H2,1-5H3,(H,32,33,34). The predicted molar refractivity (Wildman–Crippen MR) is 143 cm³/mol. The number of ether oxygens (including phenoxy) is 3. The van der Waals surface area contributed by atoms with E-state index in [4.69, 9.17) is 31.5 Å². The molecule has 4 N–H and O–H groups in total. The van der Waals surface area contributed by atoms with Gasteiger partial charge in [-0.25, -0.2) is 9.97 Å². The normalized spacial score (nSPS) is 15.0. The Morgan fingerprint density at radius 2 is 1.87 bits per heavy atom. The van der Waals surface area contributed by atoms with Gasteiger partial charge in [0.2, 0.25) is 0 Å². The Labute approximate surface area is 225 Å². The van der Waals surface area contributed by atoms with Crippen molar-refractivity contribution in [3.05, 3.63) is 46.2 Å². The van der Waals surface area contributed by atoms with Crippen LogP contribution in [0.4, 0.5) is 20.3 Å². The van der Waals surface area contributed by atoms with Crippen LogP contribution in [0.15, 0.2) is 24.3 Å². The van der Waals surface area contributed by atoms with Crippen molar-refractivity contribution >= 4 is 34.0 Å². The Hall–Kier alpha value is -2.95. The zero-order chi connectivity index (χ0) is 27.8. The summed E-state index contributed by atoms with van der Waals surface area (Å²) in [7, 11) is 1.55. The second kappa shape index (κ2) is 10.7. The highest BCUT2D eigenvalue weighted by Gasteiger charge is 2.49. The molecule has 0 aliphatic heterocycles. The Balaban J connectivity index is 1.68. The lowest BCUT2D eigenvalue weighted by Gasteiger charge is -2.31. The fourth-order valence-corrected chi connectivity index (χ4v) is 4.45. The Bertz CT molecular complexity index is 1330. The second-order valence-corrected chi connectivity index (χ2v) is 10.4. The molecule has 3 aromatic rings. The first-order chi connectivity index (χ1) is 17.8. The van der Waals surface area contributed by atoms with E-state index in [1.807, 2.05) is 0 Å². The Morgan fingerprint density at radius 3 is 2.50 bits per heavy atom. The lowest BCUT2D eigenvalue weighted by molar-refractivity contribution is -0.168. The number of hydrogen-bond donors (Lipinski definition) is 3. The van der Waals surface area contributed by atoms with Crippen molar-refractivity contribution < 1.29 is 28.1 Å². The summed E-state index contributed by atoms with van der Waals surface area (Å²) < 4.78 is 47.2. The number of methoxy groups -OCH3 is 1. The summed E-state index contributed by atoms with van der Waals surface area (Å²) in [5.41, 5.74) is 4.11. The fourth-order valence-electron chi connectivity index (χ4n) is 4.06. The van der Waals surface area contributed by atoms with Gasteiger partial charge in [0.05, 0.1) is 36.4 Å². The third-order valence-corrected chi connectivity index (χ3v) is 6.78. The number of halogens is 3. The van der Waals surface area contributed by atoms with E-state index in [0.29, 0.717) is 58.9 Å². The summed E-state index contributed by atoms with van der Waals surface area (Å²) >= 11 is 6.48. The van der Waals surface area contributed by atoms with Crippen molar-refractivity contribution in [3.63, 3.8) is 0 Å². The van der Waals surface area contributed by atoms with Crippen LogP contribution in [0.5, 0.6) is 11.5 Å². The number of alkyl halides is 2. The van der Waals surface area contributed by atoms with Crippen molar-refractivity contribution in [2.45, 2.75) is 64.2 Å². The van der Waals surface area contributed by atoms with Crippen molar-refractivity contribution in [3.8, 4) is 11.5 Å². The molecule has 206 valence electrons. The molecule has 38 heavy (non-hydrogen) atoms. The highest BCUT2D eigenvalue weighted by molar-refractivity contribution is 6.32. The third-order valence-electron chi connectivity index (χ3n) is 6.36. The molecule has 1 atom stereocenters. The van der Waals surface area contributed by atoms with E-state index >= 15 is 8.78 Å². The largest absolute Gasteiger partial charge is 0.493 e. The van der Waals surface area contributed by atoms with Gasteiger partial charge in [-0.3, -0.25) is 0 Å². The average molecular weight is 551 g/mol. The van der Waals surface area contributed by atoms with Crippen LogP contribution in [-0.2, 0) is 10.7 Å². The zero-order valence-corrected chi connectivity index (χ0v) is 22.8. The van der Waals surface area contributed by atoms with Gasteiger partial charge in [0.25, 0.3) is 0 Å². The first kappa shape index (κ1) is 28.1. The minimum Gasteiger partial charge on any atom is -0.493 e. The van der Waals surface area contributed by atoms with Gasteiger partial charge >= 0.3 is 5.92 Å². The molecule has 8 nitrogen and oxygen atoms in total. The molecule has 1 unspecified atom stereocenters. The van der Waals surface area contributed by atoms with Gasteiger partial charge < -0.3 is 30.4 Å². The van der Waals surface area contributed by atoms with Gasteiger partial charge in [-0.15, -0.1) is 0 Å². The molecule has 1 aliphatic rings. The van der Waals surface area contributed by atoms with E-state index in [1.165, 1.54) is 6.07 Å². The first-order valence-corrected chi connectivity index (χ1v) is 12.8. The van der Waals surface area contributed by atoms with Gasteiger partial charge in [-0.1, -0.05) is 11.6 Å². The van der Waals surface area contributed by atoms with Gasteiger partial charge in [-0.2, -0.15) is 8.78 Å². The molecule has 0 spiro atoms. The lowest BCUT2D eigenvalue weighted by atomic mass is 9.90. The van der Waals surface area contributed by atoms with Crippen LogP contribution in [0.3, 0.4) is 0 Å². The number of fused-ring (bicyclic) bond motifs is 1. The van der Waals surface area contributed by atoms with Crippen LogP contribution in [0.25, 0.3) is 10.9 Å². The molecule has 1 aliphatic carbocycles. The molecular formula is C27H33ClF2N4O4. The van der Waals surface area contributed by atoms with E-state index in [-0.39, 0.29) is 10.7 Å². The van der Waals surface area contributed by atoms with Crippen LogP contribution in [0.2, 0.25) is 5.02 Å². The molecule has 1 aromatic heterocycles. The van der Waals surface area contributed by atoms with Crippen LogP contribution in [0, 0.1) is 6.92 Å². The number of nitrogens with zero attached hydrogens (tertiary/aromatic N) is 2. The number of nitrogen functional groups attached to an aromatic ring is 1. The SMILES string of the molecule is COc1cc2nc(C)nc(NC(C)c3cc(N)cc(C(F)(F)C(C)(C)O)c3Cl)c2cc1OCCOC1CC1. The maximum Gasteiger partial charge on any atom is 0.302 e. The van der Waals surface area contributed by atoms with E-state index in [0.717, 1.165) is 32.8 Å². The number of aromatic nitrogens is 2. The number of hydrogen-bond acceptors (Lipinski definition) is 8. The molecule has 1 saturated carbocycles. The number of aliphatic hydroxyl groups is 1. The molecule has 1 heterocycles. The quantitative estimate of drug-likeness (QED) is 0.204. The van der Waals surface area contributed by atoms with Crippen LogP contribution in [0.1, 0.15) is 56.6 Å². The minimum absolute atomic E-state index is 0.0922. The number of anilines is 2. The minimum atomic E-state index is -3.64. The van der Waals surface area contributed by atoms with Crippen LogP contribution in [-0.4, -0.2) is 47.1 Å². The maximum atomic E-state index is 15.1. The highest BCUT2D eigenvalue weighted by Crippen LogP contribution is 2.45. The molecular weight excluding hydrogens is 518 g/mol. The molecule has 1 fully saturated rings. The summed E-state index contributed by atoms with van der Waals surface area (Å²) in [6.45, 7) is 6.36. The third kappa shape index (κ3) is 5.87. The maximum absolute atomic E-state index is 15.1. The smallest absolute Gasteiger partial charge is 0.302 e. The summed E-state index contributed by atoms with van der Waals surface area (Å²) in [5.74, 6) is -1.68. The van der Waals surface area contributed by atoms with E-state index in [2.05, 4.69) is 15.3 Å². The van der Waals surface area contributed by atoms with Crippen molar-refractivity contribution in [2.24, 2.45) is 0 Å². The van der Waals surface area contributed by atoms with Crippen molar-refractivity contribution in [1.82, 2.24) is 9.97 Å². The topological polar surface area (TPSA) is 112 Å². The number of aryl methyl sites for hydroxylation is 1. The average Bonchev–Trinajstić information content (AvgIpc) is 3.66. The fraction of sp³-hybridized carbons (Fsp3) is 0.481. The van der Waals surface area contributed by atoms with Crippen LogP contribution < -0.4 is 20.5 Å². The number of rotatable bonds is 11. The molecule has 0 radical (unpaired) electrons. The van der Waals surface area contributed by atoms with Gasteiger partial charge in [0, 0.05) is 22.7 Å². The van der Waals surface area contributed by atoms with Crippen molar-refractivity contribution in [1.29, 1.82) is 0 Å². The van der Waals surface area contributed by atoms with Crippen molar-refractivity contribution in [2.75, 3.05) is 31.4 Å². The van der Waals surface area contributed by atoms with Gasteiger partial charge in [-0.05, 0) is 64.3 Å². The van der Waals surface area contributed by atoms with E-state index in [9.17, 15) is 5.11 Å². The lowest BCUT2D eigenvalue weighted by Crippen LogP contribution is -2.40. The van der Waals surface area contributed by atoms with E-state index < -0.39 is 23.1 Å². The number of nitrogens with two attached hydrogens (primary N) is 1. The molecule has 4 rings (SSSR count). The Kier molecular flexibility index (Phi) is 7.88. The highest BCUT2D eigenvalue weighted by atomic mass is 35.5. The summed E-state index contributed by atoms with van der Waals surface area (Å²) in [6.07, 6.45) is 2.49. The van der Waals surface area contributed by atoms with Crippen LogP contribution >= 0.6 is 11.6 Å². The summed E-state index contributed by atoms with van der Waals surface area (Å²) in [4.78, 5) is 9.06. The number of nitrogens with one attached hydrogen (secondary N) is 1. The van der Waals surface area contributed by atoms with Gasteiger partial charge in [0.1, 0.15) is 23.9 Å². The number of benzene rings is 2. The molecule has 0 amide bonds. The monoisotopic (exact) mass is 550 g/mol. The summed E-state index contributed by atoms with van der Waals surface area (Å²) in [6, 6.07) is 5.56.